The van der Waals surface area contributed by atoms with Crippen molar-refractivity contribution in [3.8, 4) is 0 Å². The van der Waals surface area contributed by atoms with Crippen LogP contribution in [-0.4, -0.2) is 60.1 Å². The fourth-order valence-electron chi connectivity index (χ4n) is 2.36. The lowest BCUT2D eigenvalue weighted by Crippen LogP contribution is -2.41. The summed E-state index contributed by atoms with van der Waals surface area (Å²) in [4.78, 5) is 15.4. The molecule has 0 bridgehead atoms. The molecule has 1 aliphatic heterocycles. The van der Waals surface area contributed by atoms with E-state index in [1.807, 2.05) is 7.05 Å². The minimum atomic E-state index is -0.691. The van der Waals surface area contributed by atoms with Gasteiger partial charge in [-0.2, -0.15) is 0 Å². The van der Waals surface area contributed by atoms with Gasteiger partial charge in [-0.3, -0.25) is 4.79 Å². The lowest BCUT2D eigenvalue weighted by Gasteiger charge is -2.28. The van der Waals surface area contributed by atoms with Gasteiger partial charge in [-0.15, -0.1) is 0 Å². The van der Waals surface area contributed by atoms with Crippen LogP contribution in [0.1, 0.15) is 26.7 Å². The third-order valence-corrected chi connectivity index (χ3v) is 3.11. The number of hydrogen-bond donors (Lipinski definition) is 1. The average Bonchev–Trinajstić information content (AvgIpc) is 2.28. The van der Waals surface area contributed by atoms with Crippen molar-refractivity contribution in [2.75, 3.05) is 33.2 Å². The van der Waals surface area contributed by atoms with Crippen LogP contribution in [-0.2, 0) is 4.79 Å². The van der Waals surface area contributed by atoms with E-state index in [9.17, 15) is 4.79 Å². The SMILES string of the molecule is CC(C)CN1CCCN(C)C(CC(=O)O)C1. The second-order valence-electron chi connectivity index (χ2n) is 5.24. The van der Waals surface area contributed by atoms with Crippen LogP contribution in [0.4, 0.5) is 0 Å². The van der Waals surface area contributed by atoms with E-state index in [1.54, 1.807) is 0 Å². The van der Waals surface area contributed by atoms with Gasteiger partial charge in [0.2, 0.25) is 0 Å². The number of nitrogens with zero attached hydrogens (tertiary/aromatic N) is 2. The maximum Gasteiger partial charge on any atom is 0.304 e. The largest absolute Gasteiger partial charge is 0.481 e. The average molecular weight is 228 g/mol. The summed E-state index contributed by atoms with van der Waals surface area (Å²) < 4.78 is 0. The van der Waals surface area contributed by atoms with Crippen LogP contribution < -0.4 is 0 Å². The van der Waals surface area contributed by atoms with Gasteiger partial charge in [0.05, 0.1) is 6.42 Å². The second kappa shape index (κ2) is 6.21. The summed E-state index contributed by atoms with van der Waals surface area (Å²) in [6, 6.07) is 0.166. The topological polar surface area (TPSA) is 43.8 Å². The lowest BCUT2D eigenvalue weighted by molar-refractivity contribution is -0.138. The number of rotatable bonds is 4. The van der Waals surface area contributed by atoms with Gasteiger partial charge in [0.25, 0.3) is 0 Å². The molecule has 0 radical (unpaired) electrons. The summed E-state index contributed by atoms with van der Waals surface area (Å²) in [5, 5.41) is 8.90. The lowest BCUT2D eigenvalue weighted by atomic mass is 10.1. The first-order chi connectivity index (χ1) is 7.49. The van der Waals surface area contributed by atoms with E-state index in [1.165, 1.54) is 0 Å². The molecule has 0 amide bonds. The van der Waals surface area contributed by atoms with Crippen molar-refractivity contribution in [2.24, 2.45) is 5.92 Å². The quantitative estimate of drug-likeness (QED) is 0.783. The number of carboxylic acid groups (broad SMARTS) is 1. The molecule has 4 heteroatoms. The monoisotopic (exact) mass is 228 g/mol. The van der Waals surface area contributed by atoms with Gasteiger partial charge >= 0.3 is 5.97 Å². The van der Waals surface area contributed by atoms with Crippen molar-refractivity contribution < 1.29 is 9.90 Å². The third kappa shape index (κ3) is 4.49. The Morgan fingerprint density at radius 3 is 2.69 bits per heavy atom. The summed E-state index contributed by atoms with van der Waals surface area (Å²) in [6.45, 7) is 8.48. The molecule has 1 heterocycles. The second-order valence-corrected chi connectivity index (χ2v) is 5.24. The molecule has 4 nitrogen and oxygen atoms in total. The zero-order chi connectivity index (χ0) is 12.1. The minimum absolute atomic E-state index is 0.166. The predicted octanol–water partition coefficient (Wildman–Crippen LogP) is 1.12. The number of hydrogen-bond acceptors (Lipinski definition) is 3. The van der Waals surface area contributed by atoms with Crippen molar-refractivity contribution in [2.45, 2.75) is 32.7 Å². The van der Waals surface area contributed by atoms with Crippen LogP contribution in [0.25, 0.3) is 0 Å². The Morgan fingerprint density at radius 1 is 1.44 bits per heavy atom. The van der Waals surface area contributed by atoms with E-state index in [0.717, 1.165) is 32.6 Å². The first-order valence-electron chi connectivity index (χ1n) is 6.13. The molecule has 1 atom stereocenters. The smallest absolute Gasteiger partial charge is 0.304 e. The standard InChI is InChI=1S/C12H24N2O2/c1-10(2)8-14-6-4-5-13(3)11(9-14)7-12(15)16/h10-11H,4-9H2,1-3H3,(H,15,16). The number of aliphatic carboxylic acids is 1. The van der Waals surface area contributed by atoms with Crippen molar-refractivity contribution >= 4 is 5.97 Å². The van der Waals surface area contributed by atoms with Crippen LogP contribution in [0.2, 0.25) is 0 Å². The molecule has 0 aromatic carbocycles. The van der Waals surface area contributed by atoms with E-state index in [0.29, 0.717) is 5.92 Å². The highest BCUT2D eigenvalue weighted by molar-refractivity contribution is 5.67. The molecule has 1 aliphatic rings. The number of carboxylic acids is 1. The van der Waals surface area contributed by atoms with Gasteiger partial charge in [0, 0.05) is 19.1 Å². The first kappa shape index (κ1) is 13.5. The van der Waals surface area contributed by atoms with Gasteiger partial charge in [0.15, 0.2) is 0 Å². The van der Waals surface area contributed by atoms with Crippen molar-refractivity contribution in [3.63, 3.8) is 0 Å². The molecule has 0 saturated carbocycles. The van der Waals surface area contributed by atoms with Crippen LogP contribution >= 0.6 is 0 Å². The van der Waals surface area contributed by atoms with Gasteiger partial charge in [-0.25, -0.2) is 0 Å². The minimum Gasteiger partial charge on any atom is -0.481 e. The molecule has 0 aromatic rings. The van der Waals surface area contributed by atoms with E-state index >= 15 is 0 Å². The Bertz CT molecular complexity index is 231. The van der Waals surface area contributed by atoms with Gasteiger partial charge in [-0.1, -0.05) is 13.8 Å². The Morgan fingerprint density at radius 2 is 2.12 bits per heavy atom. The van der Waals surface area contributed by atoms with Crippen LogP contribution in [0.3, 0.4) is 0 Å². The Kier molecular flexibility index (Phi) is 5.22. The molecular formula is C12H24N2O2. The molecule has 0 aliphatic carbocycles. The normalized spacial score (nSPS) is 24.6. The highest BCUT2D eigenvalue weighted by Gasteiger charge is 2.24. The molecule has 0 spiro atoms. The summed E-state index contributed by atoms with van der Waals surface area (Å²) in [5.74, 6) is -0.0443. The van der Waals surface area contributed by atoms with Crippen molar-refractivity contribution in [1.82, 2.24) is 9.80 Å². The van der Waals surface area contributed by atoms with E-state index in [4.69, 9.17) is 5.11 Å². The number of likely N-dealkylation sites (N-methyl/N-ethyl adjacent to an activating group) is 1. The highest BCUT2D eigenvalue weighted by Crippen LogP contribution is 2.12. The van der Waals surface area contributed by atoms with Crippen LogP contribution in [0.15, 0.2) is 0 Å². The summed E-state index contributed by atoms with van der Waals surface area (Å²) in [6.07, 6.45) is 1.39. The molecule has 16 heavy (non-hydrogen) atoms. The molecule has 0 aromatic heterocycles. The van der Waals surface area contributed by atoms with Gasteiger partial charge in [0.1, 0.15) is 0 Å². The summed E-state index contributed by atoms with van der Waals surface area (Å²) in [5.41, 5.74) is 0. The predicted molar refractivity (Wildman–Crippen MR) is 64.6 cm³/mol. The molecule has 1 saturated heterocycles. The first-order valence-corrected chi connectivity index (χ1v) is 6.13. The molecule has 1 N–H and O–H groups in total. The van der Waals surface area contributed by atoms with E-state index in [-0.39, 0.29) is 12.5 Å². The maximum absolute atomic E-state index is 10.8. The van der Waals surface area contributed by atoms with Crippen molar-refractivity contribution in [3.05, 3.63) is 0 Å². The molecule has 1 rings (SSSR count). The van der Waals surface area contributed by atoms with Gasteiger partial charge in [-0.05, 0) is 32.5 Å². The molecular weight excluding hydrogens is 204 g/mol. The van der Waals surface area contributed by atoms with E-state index < -0.39 is 5.97 Å². The fraction of sp³-hybridized carbons (Fsp3) is 0.917. The summed E-state index contributed by atoms with van der Waals surface area (Å²) >= 11 is 0. The van der Waals surface area contributed by atoms with Gasteiger partial charge < -0.3 is 14.9 Å². The van der Waals surface area contributed by atoms with Crippen LogP contribution in [0, 0.1) is 5.92 Å². The number of carbonyl (C=O) groups is 1. The zero-order valence-corrected chi connectivity index (χ0v) is 10.6. The summed E-state index contributed by atoms with van der Waals surface area (Å²) in [7, 11) is 2.03. The van der Waals surface area contributed by atoms with Crippen LogP contribution in [0.5, 0.6) is 0 Å². The third-order valence-electron chi connectivity index (χ3n) is 3.11. The maximum atomic E-state index is 10.8. The molecule has 94 valence electrons. The molecule has 1 fully saturated rings. The fourth-order valence-corrected chi connectivity index (χ4v) is 2.36. The Hall–Kier alpha value is -0.610. The Balaban J connectivity index is 2.54. The zero-order valence-electron chi connectivity index (χ0n) is 10.6. The molecule has 1 unspecified atom stereocenters. The highest BCUT2D eigenvalue weighted by atomic mass is 16.4. The van der Waals surface area contributed by atoms with E-state index in [2.05, 4.69) is 23.6 Å². The Labute approximate surface area is 98.2 Å². The van der Waals surface area contributed by atoms with Crippen molar-refractivity contribution in [1.29, 1.82) is 0 Å².